The number of nitriles is 1. The molecule has 0 aromatic carbocycles. The Hall–Kier alpha value is -1.60. The number of hydrogen-bond donors (Lipinski definition) is 0. The van der Waals surface area contributed by atoms with Gasteiger partial charge in [-0.2, -0.15) is 5.26 Å². The Balaban J connectivity index is 2.10. The molecule has 19 heavy (non-hydrogen) atoms. The lowest BCUT2D eigenvalue weighted by atomic mass is 10.1. The topological polar surface area (TPSA) is 43.2 Å². The van der Waals surface area contributed by atoms with Crippen molar-refractivity contribution in [3.8, 4) is 6.07 Å². The number of anilines is 1. The minimum absolute atomic E-state index is 0.642. The van der Waals surface area contributed by atoms with Gasteiger partial charge in [0.2, 0.25) is 0 Å². The molecule has 0 radical (unpaired) electrons. The molecule has 4 heteroatoms. The van der Waals surface area contributed by atoms with Crippen LogP contribution in [-0.4, -0.2) is 42.1 Å². The van der Waals surface area contributed by atoms with Crippen LogP contribution in [0.15, 0.2) is 12.1 Å². The second-order valence-corrected chi connectivity index (χ2v) is 5.22. The molecule has 0 saturated carbocycles. The summed E-state index contributed by atoms with van der Waals surface area (Å²) in [6.07, 6.45) is 1.19. The molecule has 0 N–H and O–H groups in total. The van der Waals surface area contributed by atoms with E-state index in [1.807, 2.05) is 19.1 Å². The maximum atomic E-state index is 9.19. The van der Waals surface area contributed by atoms with Gasteiger partial charge in [0.15, 0.2) is 0 Å². The van der Waals surface area contributed by atoms with E-state index in [-0.39, 0.29) is 0 Å². The molecule has 2 rings (SSSR count). The van der Waals surface area contributed by atoms with Crippen molar-refractivity contribution >= 4 is 5.82 Å². The van der Waals surface area contributed by atoms with Crippen LogP contribution in [0.5, 0.6) is 0 Å². The molecule has 1 atom stereocenters. The van der Waals surface area contributed by atoms with Crippen molar-refractivity contribution in [1.29, 1.82) is 5.26 Å². The van der Waals surface area contributed by atoms with Gasteiger partial charge in [0.25, 0.3) is 0 Å². The third-order valence-electron chi connectivity index (χ3n) is 3.96. The molecule has 1 unspecified atom stereocenters. The van der Waals surface area contributed by atoms with Gasteiger partial charge < -0.3 is 4.90 Å². The first-order valence-electron chi connectivity index (χ1n) is 7.02. The Bertz CT molecular complexity index is 470. The molecule has 0 spiro atoms. The average molecular weight is 258 g/mol. The van der Waals surface area contributed by atoms with Gasteiger partial charge in [-0.1, -0.05) is 6.92 Å². The summed E-state index contributed by atoms with van der Waals surface area (Å²) in [5.41, 5.74) is 1.65. The Morgan fingerprint density at radius 3 is 2.58 bits per heavy atom. The van der Waals surface area contributed by atoms with Gasteiger partial charge in [-0.3, -0.25) is 4.90 Å². The molecule has 0 amide bonds. The van der Waals surface area contributed by atoms with Crippen LogP contribution in [0.25, 0.3) is 0 Å². The predicted octanol–water partition coefficient (Wildman–Crippen LogP) is 2.18. The molecule has 1 aromatic heterocycles. The molecule has 1 aliphatic heterocycles. The smallest absolute Gasteiger partial charge is 0.146 e. The molecule has 4 nitrogen and oxygen atoms in total. The van der Waals surface area contributed by atoms with E-state index in [1.54, 1.807) is 0 Å². The lowest BCUT2D eigenvalue weighted by molar-refractivity contribution is 0.192. The van der Waals surface area contributed by atoms with Crippen molar-refractivity contribution in [2.45, 2.75) is 33.2 Å². The van der Waals surface area contributed by atoms with E-state index < -0.39 is 0 Å². The summed E-state index contributed by atoms with van der Waals surface area (Å²) in [6, 6.07) is 6.66. The number of nitrogens with zero attached hydrogens (tertiary/aromatic N) is 4. The minimum atomic E-state index is 0.642. The highest BCUT2D eigenvalue weighted by molar-refractivity contribution is 5.54. The molecule has 0 aliphatic carbocycles. The van der Waals surface area contributed by atoms with Crippen LogP contribution in [0.2, 0.25) is 0 Å². The van der Waals surface area contributed by atoms with E-state index in [0.717, 1.165) is 37.7 Å². The van der Waals surface area contributed by atoms with Crippen molar-refractivity contribution in [3.63, 3.8) is 0 Å². The number of pyridine rings is 1. The molecule has 1 fully saturated rings. The second kappa shape index (κ2) is 6.03. The van der Waals surface area contributed by atoms with E-state index in [0.29, 0.717) is 11.6 Å². The van der Waals surface area contributed by atoms with Crippen LogP contribution in [0.4, 0.5) is 5.82 Å². The third-order valence-corrected chi connectivity index (χ3v) is 3.96. The third kappa shape index (κ3) is 3.05. The molecule has 1 aromatic rings. The second-order valence-electron chi connectivity index (χ2n) is 5.22. The van der Waals surface area contributed by atoms with E-state index in [1.165, 1.54) is 6.42 Å². The predicted molar refractivity (Wildman–Crippen MR) is 77.2 cm³/mol. The van der Waals surface area contributed by atoms with Crippen LogP contribution in [0, 0.1) is 18.3 Å². The minimum Gasteiger partial charge on any atom is -0.353 e. The fraction of sp³-hybridized carbons (Fsp3) is 0.600. The number of hydrogen-bond acceptors (Lipinski definition) is 4. The average Bonchev–Trinajstić information content (AvgIpc) is 2.46. The lowest BCUT2D eigenvalue weighted by Gasteiger charge is -2.38. The summed E-state index contributed by atoms with van der Waals surface area (Å²) >= 11 is 0. The molecule has 1 aliphatic rings. The first kappa shape index (κ1) is 13.8. The van der Waals surface area contributed by atoms with Crippen molar-refractivity contribution in [2.75, 3.05) is 31.1 Å². The molecule has 102 valence electrons. The lowest BCUT2D eigenvalue weighted by Crippen LogP contribution is -2.49. The number of aromatic nitrogens is 1. The number of rotatable bonds is 3. The van der Waals surface area contributed by atoms with Crippen LogP contribution in [0.3, 0.4) is 0 Å². The highest BCUT2D eigenvalue weighted by Gasteiger charge is 2.22. The van der Waals surface area contributed by atoms with Gasteiger partial charge >= 0.3 is 0 Å². The van der Waals surface area contributed by atoms with Crippen molar-refractivity contribution in [3.05, 3.63) is 23.4 Å². The molecule has 2 heterocycles. The highest BCUT2D eigenvalue weighted by atomic mass is 15.3. The van der Waals surface area contributed by atoms with Crippen LogP contribution >= 0.6 is 0 Å². The van der Waals surface area contributed by atoms with Crippen LogP contribution in [0.1, 0.15) is 31.5 Å². The summed E-state index contributed by atoms with van der Waals surface area (Å²) in [4.78, 5) is 9.30. The van der Waals surface area contributed by atoms with Gasteiger partial charge in [-0.25, -0.2) is 4.98 Å². The van der Waals surface area contributed by atoms with Crippen LogP contribution < -0.4 is 4.90 Å². The van der Waals surface area contributed by atoms with Gasteiger partial charge in [-0.15, -0.1) is 0 Å². The Morgan fingerprint density at radius 1 is 1.32 bits per heavy atom. The quantitative estimate of drug-likeness (QED) is 0.833. The standard InChI is InChI=1S/C15H22N4/c1-4-13(3)18-7-9-19(10-8-18)15-14(11-16)6-5-12(2)17-15/h5-6,13H,4,7-10H2,1-3H3. The van der Waals surface area contributed by atoms with Gasteiger partial charge in [-0.05, 0) is 32.4 Å². The first-order valence-corrected chi connectivity index (χ1v) is 7.02. The monoisotopic (exact) mass is 258 g/mol. The summed E-state index contributed by atoms with van der Waals surface area (Å²) in [7, 11) is 0. The Kier molecular flexibility index (Phi) is 4.39. The highest BCUT2D eigenvalue weighted by Crippen LogP contribution is 2.20. The normalized spacial score (nSPS) is 18.1. The Labute approximate surface area is 115 Å². The fourth-order valence-corrected chi connectivity index (χ4v) is 2.50. The van der Waals surface area contributed by atoms with Crippen LogP contribution in [-0.2, 0) is 0 Å². The number of piperazine rings is 1. The SMILES string of the molecule is CCC(C)N1CCN(c2nc(C)ccc2C#N)CC1. The summed E-state index contributed by atoms with van der Waals surface area (Å²) in [6.45, 7) is 10.5. The number of aryl methyl sites for hydroxylation is 1. The van der Waals surface area contributed by atoms with E-state index in [4.69, 9.17) is 0 Å². The maximum Gasteiger partial charge on any atom is 0.146 e. The van der Waals surface area contributed by atoms with Crippen molar-refractivity contribution < 1.29 is 0 Å². The summed E-state index contributed by atoms with van der Waals surface area (Å²) < 4.78 is 0. The van der Waals surface area contributed by atoms with Gasteiger partial charge in [0.05, 0.1) is 5.56 Å². The van der Waals surface area contributed by atoms with Crippen molar-refractivity contribution in [2.24, 2.45) is 0 Å². The molecular weight excluding hydrogens is 236 g/mol. The van der Waals surface area contributed by atoms with Crippen molar-refractivity contribution in [1.82, 2.24) is 9.88 Å². The summed E-state index contributed by atoms with van der Waals surface area (Å²) in [5.74, 6) is 0.853. The zero-order chi connectivity index (χ0) is 13.8. The molecule has 1 saturated heterocycles. The fourth-order valence-electron chi connectivity index (χ4n) is 2.50. The summed E-state index contributed by atoms with van der Waals surface area (Å²) in [5, 5.41) is 9.19. The molecular formula is C15H22N4. The zero-order valence-electron chi connectivity index (χ0n) is 12.1. The van der Waals surface area contributed by atoms with E-state index >= 15 is 0 Å². The zero-order valence-corrected chi connectivity index (χ0v) is 12.1. The first-order chi connectivity index (χ1) is 9.15. The van der Waals surface area contributed by atoms with E-state index in [2.05, 4.69) is 34.7 Å². The van der Waals surface area contributed by atoms with Gasteiger partial charge in [0.1, 0.15) is 11.9 Å². The largest absolute Gasteiger partial charge is 0.353 e. The molecule has 0 bridgehead atoms. The van der Waals surface area contributed by atoms with E-state index in [9.17, 15) is 5.26 Å². The Morgan fingerprint density at radius 2 is 2.00 bits per heavy atom. The maximum absolute atomic E-state index is 9.19. The van der Waals surface area contributed by atoms with Gasteiger partial charge in [0, 0.05) is 37.9 Å².